The second-order valence-electron chi connectivity index (χ2n) is 8.82. The van der Waals surface area contributed by atoms with Gasteiger partial charge in [0, 0.05) is 47.3 Å². The molecule has 0 bridgehead atoms. The molecule has 1 atom stereocenters. The molecule has 33 heavy (non-hydrogen) atoms. The Kier molecular flexibility index (Phi) is 4.65. The first kappa shape index (κ1) is 19.9. The van der Waals surface area contributed by atoms with Crippen LogP contribution in [0.4, 0.5) is 10.6 Å². The van der Waals surface area contributed by atoms with Crippen molar-refractivity contribution >= 4 is 22.8 Å². The molecule has 9 nitrogen and oxygen atoms in total. The van der Waals surface area contributed by atoms with Crippen LogP contribution in [0.25, 0.3) is 10.9 Å². The highest BCUT2D eigenvalue weighted by atomic mass is 16.5. The van der Waals surface area contributed by atoms with E-state index in [0.29, 0.717) is 36.0 Å². The minimum absolute atomic E-state index is 0.292. The van der Waals surface area contributed by atoms with Crippen LogP contribution in [-0.2, 0) is 13.0 Å². The molecule has 1 aliphatic carbocycles. The Morgan fingerprint density at radius 3 is 3.00 bits per heavy atom. The number of nitrogens with one attached hydrogen (secondary N) is 2. The van der Waals surface area contributed by atoms with Gasteiger partial charge in [-0.15, -0.1) is 0 Å². The van der Waals surface area contributed by atoms with Gasteiger partial charge < -0.3 is 14.6 Å². The number of nitrogens with zero attached hydrogens (tertiary/aromatic N) is 4. The number of aromatic nitrogens is 4. The van der Waals surface area contributed by atoms with Crippen molar-refractivity contribution in [2.75, 3.05) is 5.32 Å². The molecule has 168 valence electrons. The predicted octanol–water partition coefficient (Wildman–Crippen LogP) is 4.51. The summed E-state index contributed by atoms with van der Waals surface area (Å²) in [5.41, 5.74) is 3.73. The summed E-state index contributed by atoms with van der Waals surface area (Å²) in [6.45, 7) is 4.83. The Bertz CT molecular complexity index is 1370. The van der Waals surface area contributed by atoms with Gasteiger partial charge >= 0.3 is 6.03 Å². The van der Waals surface area contributed by atoms with Crippen molar-refractivity contribution < 1.29 is 14.1 Å². The lowest BCUT2D eigenvalue weighted by molar-refractivity contribution is 0.254. The Labute approximate surface area is 190 Å². The molecule has 4 aromatic rings. The maximum atomic E-state index is 12.9. The lowest BCUT2D eigenvalue weighted by Gasteiger charge is -2.23. The number of ether oxygens (including phenoxy) is 1. The third-order valence-electron chi connectivity index (χ3n) is 6.38. The second kappa shape index (κ2) is 7.70. The molecule has 1 saturated carbocycles. The monoisotopic (exact) mass is 444 g/mol. The third kappa shape index (κ3) is 3.64. The zero-order valence-electron chi connectivity index (χ0n) is 18.5. The van der Waals surface area contributed by atoms with E-state index < -0.39 is 0 Å². The van der Waals surface area contributed by atoms with E-state index in [2.05, 4.69) is 32.7 Å². The Hall–Kier alpha value is -3.72. The number of rotatable bonds is 4. The highest BCUT2D eigenvalue weighted by molar-refractivity contribution is 5.99. The van der Waals surface area contributed by atoms with Crippen LogP contribution in [0.3, 0.4) is 0 Å². The molecule has 2 aliphatic rings. The summed E-state index contributed by atoms with van der Waals surface area (Å²) in [7, 11) is 0. The maximum Gasteiger partial charge on any atom is 0.331 e. The van der Waals surface area contributed by atoms with Crippen LogP contribution in [0.2, 0.25) is 0 Å². The van der Waals surface area contributed by atoms with Gasteiger partial charge in [-0.1, -0.05) is 5.16 Å². The Balaban J connectivity index is 1.27. The topological polar surface area (TPSA) is 107 Å². The van der Waals surface area contributed by atoms with Crippen LogP contribution >= 0.6 is 0 Å². The van der Waals surface area contributed by atoms with E-state index in [1.54, 1.807) is 23.2 Å². The van der Waals surface area contributed by atoms with Crippen molar-refractivity contribution in [2.45, 2.75) is 51.6 Å². The first-order valence-corrected chi connectivity index (χ1v) is 11.2. The second-order valence-corrected chi connectivity index (χ2v) is 8.82. The zero-order valence-corrected chi connectivity index (χ0v) is 18.5. The van der Waals surface area contributed by atoms with Crippen molar-refractivity contribution in [3.63, 3.8) is 0 Å². The van der Waals surface area contributed by atoms with Gasteiger partial charge in [0.25, 0.3) is 0 Å². The van der Waals surface area contributed by atoms with Gasteiger partial charge in [0.1, 0.15) is 17.8 Å². The van der Waals surface area contributed by atoms with Gasteiger partial charge in [-0.2, -0.15) is 0 Å². The van der Waals surface area contributed by atoms with E-state index >= 15 is 0 Å². The summed E-state index contributed by atoms with van der Waals surface area (Å²) >= 11 is 0. The highest BCUT2D eigenvalue weighted by Crippen LogP contribution is 2.40. The first-order chi connectivity index (χ1) is 16.1. The fourth-order valence-electron chi connectivity index (χ4n) is 4.34. The van der Waals surface area contributed by atoms with Gasteiger partial charge in [0.15, 0.2) is 5.82 Å². The van der Waals surface area contributed by atoms with Crippen molar-refractivity contribution in [3.05, 3.63) is 59.4 Å². The number of fused-ring (bicyclic) bond motifs is 2. The van der Waals surface area contributed by atoms with Crippen LogP contribution in [0, 0.1) is 6.92 Å². The van der Waals surface area contributed by atoms with E-state index in [-0.39, 0.29) is 6.03 Å². The highest BCUT2D eigenvalue weighted by Gasteiger charge is 2.28. The average Bonchev–Trinajstić information content (AvgIpc) is 3.39. The first-order valence-electron chi connectivity index (χ1n) is 11.2. The van der Waals surface area contributed by atoms with Crippen molar-refractivity contribution in [1.82, 2.24) is 25.0 Å². The van der Waals surface area contributed by atoms with Crippen LogP contribution < -0.4 is 15.4 Å². The molecule has 0 spiro atoms. The number of amides is 1. The van der Waals surface area contributed by atoms with Crippen LogP contribution in [0.15, 0.2) is 41.3 Å². The lowest BCUT2D eigenvalue weighted by atomic mass is 10.0. The molecule has 3 aromatic heterocycles. The minimum Gasteiger partial charge on any atom is -0.438 e. The number of aryl methyl sites for hydroxylation is 1. The standard InChI is InChI=1S/C24H24N6O3/c1-13-9-17-18(11-25-13)26-12-27-23(17)32-20-6-5-19-16(14(20)2)7-8-30(19)24(31)28-22-10-21(33-29-22)15-3-4-15/h5-8,10,12-13,15,25H,3-4,9,11H2,1-2H3,(H,28,29,31). The molecule has 2 N–H and O–H groups in total. The van der Waals surface area contributed by atoms with E-state index in [1.165, 1.54) is 0 Å². The van der Waals surface area contributed by atoms with Gasteiger partial charge in [-0.3, -0.25) is 9.88 Å². The summed E-state index contributed by atoms with van der Waals surface area (Å²) in [5, 5.41) is 11.1. The molecule has 0 saturated heterocycles. The molecule has 9 heteroatoms. The molecule has 1 fully saturated rings. The summed E-state index contributed by atoms with van der Waals surface area (Å²) in [5.74, 6) is 3.00. The van der Waals surface area contributed by atoms with Gasteiger partial charge in [-0.25, -0.2) is 14.8 Å². The number of carbonyl (C=O) groups excluding carboxylic acids is 1. The average molecular weight is 444 g/mol. The molecular weight excluding hydrogens is 420 g/mol. The number of carbonyl (C=O) groups is 1. The molecule has 6 rings (SSSR count). The van der Waals surface area contributed by atoms with Crippen molar-refractivity contribution in [1.29, 1.82) is 0 Å². The quantitative estimate of drug-likeness (QED) is 0.477. The van der Waals surface area contributed by atoms with E-state index in [0.717, 1.165) is 52.7 Å². The largest absolute Gasteiger partial charge is 0.438 e. The molecule has 1 aliphatic heterocycles. The van der Waals surface area contributed by atoms with E-state index in [9.17, 15) is 4.79 Å². The Morgan fingerprint density at radius 1 is 1.27 bits per heavy atom. The normalized spacial score (nSPS) is 17.7. The molecular formula is C24H24N6O3. The van der Waals surface area contributed by atoms with E-state index in [1.807, 2.05) is 25.1 Å². The van der Waals surface area contributed by atoms with Crippen LogP contribution in [0.5, 0.6) is 11.6 Å². The predicted molar refractivity (Wildman–Crippen MR) is 122 cm³/mol. The van der Waals surface area contributed by atoms with Crippen LogP contribution in [-0.4, -0.2) is 31.8 Å². The summed E-state index contributed by atoms with van der Waals surface area (Å²) in [4.78, 5) is 21.7. The number of benzene rings is 1. The van der Waals surface area contributed by atoms with Gasteiger partial charge in [0.2, 0.25) is 5.88 Å². The van der Waals surface area contributed by atoms with E-state index in [4.69, 9.17) is 9.26 Å². The van der Waals surface area contributed by atoms with Gasteiger partial charge in [0.05, 0.1) is 11.2 Å². The molecule has 4 heterocycles. The number of hydrogen-bond donors (Lipinski definition) is 2. The number of anilines is 1. The fraction of sp³-hybridized carbons (Fsp3) is 0.333. The summed E-state index contributed by atoms with van der Waals surface area (Å²) < 4.78 is 13.1. The SMILES string of the molecule is Cc1c(Oc2ncnc3c2CC(C)NC3)ccc2c1ccn2C(=O)Nc1cc(C2CC2)on1. The minimum atomic E-state index is -0.292. The smallest absolute Gasteiger partial charge is 0.331 e. The molecule has 1 unspecified atom stereocenters. The molecule has 1 amide bonds. The van der Waals surface area contributed by atoms with Gasteiger partial charge in [-0.05, 0) is 51.3 Å². The Morgan fingerprint density at radius 2 is 2.15 bits per heavy atom. The maximum absolute atomic E-state index is 12.9. The third-order valence-corrected chi connectivity index (χ3v) is 6.38. The molecule has 1 aromatic carbocycles. The lowest BCUT2D eigenvalue weighted by Crippen LogP contribution is -2.33. The zero-order chi connectivity index (χ0) is 22.5. The number of hydrogen-bond acceptors (Lipinski definition) is 7. The van der Waals surface area contributed by atoms with Crippen LogP contribution in [0.1, 0.15) is 48.3 Å². The summed E-state index contributed by atoms with van der Waals surface area (Å²) in [6.07, 6.45) is 6.33. The van der Waals surface area contributed by atoms with Crippen molar-refractivity contribution in [3.8, 4) is 11.6 Å². The fourth-order valence-corrected chi connectivity index (χ4v) is 4.34. The summed E-state index contributed by atoms with van der Waals surface area (Å²) in [6, 6.07) is 7.52. The van der Waals surface area contributed by atoms with Crippen molar-refractivity contribution in [2.24, 2.45) is 0 Å². The molecule has 0 radical (unpaired) electrons.